The average molecular weight is 340 g/mol. The molecular formula is C15H12BrClO2. The zero-order valence-corrected chi connectivity index (χ0v) is 12.9. The molecule has 0 bridgehead atoms. The van der Waals surface area contributed by atoms with E-state index in [0.29, 0.717) is 21.9 Å². The average Bonchev–Trinajstić information content (AvgIpc) is 2.41. The lowest BCUT2D eigenvalue weighted by Crippen LogP contribution is -2.03. The van der Waals surface area contributed by atoms with Crippen LogP contribution in [0, 0.1) is 6.92 Å². The second kappa shape index (κ2) is 5.76. The molecule has 0 saturated heterocycles. The number of ketones is 1. The van der Waals surface area contributed by atoms with E-state index in [2.05, 4.69) is 15.9 Å². The predicted molar refractivity (Wildman–Crippen MR) is 80.3 cm³/mol. The van der Waals surface area contributed by atoms with Gasteiger partial charge in [-0.1, -0.05) is 23.7 Å². The molecule has 0 radical (unpaired) electrons. The summed E-state index contributed by atoms with van der Waals surface area (Å²) in [5.41, 5.74) is 1.97. The van der Waals surface area contributed by atoms with Crippen molar-refractivity contribution in [1.82, 2.24) is 0 Å². The van der Waals surface area contributed by atoms with Crippen LogP contribution in [0.25, 0.3) is 0 Å². The van der Waals surface area contributed by atoms with E-state index in [0.717, 1.165) is 10.0 Å². The quantitative estimate of drug-likeness (QED) is 0.761. The van der Waals surface area contributed by atoms with Crippen molar-refractivity contribution in [3.05, 3.63) is 62.6 Å². The van der Waals surface area contributed by atoms with Gasteiger partial charge < -0.3 is 4.74 Å². The van der Waals surface area contributed by atoms with Crippen LogP contribution in [0.4, 0.5) is 0 Å². The van der Waals surface area contributed by atoms with Crippen molar-refractivity contribution >= 4 is 33.3 Å². The number of aryl methyl sites for hydroxylation is 1. The van der Waals surface area contributed by atoms with Crippen molar-refractivity contribution in [2.45, 2.75) is 6.92 Å². The van der Waals surface area contributed by atoms with Gasteiger partial charge in [0.25, 0.3) is 0 Å². The number of halogens is 2. The fraction of sp³-hybridized carbons (Fsp3) is 0.133. The van der Waals surface area contributed by atoms with Gasteiger partial charge in [0.1, 0.15) is 5.75 Å². The molecule has 2 nitrogen and oxygen atoms in total. The number of rotatable bonds is 3. The number of hydrogen-bond acceptors (Lipinski definition) is 2. The topological polar surface area (TPSA) is 26.3 Å². The Balaban J connectivity index is 2.44. The Kier molecular flexibility index (Phi) is 4.27. The summed E-state index contributed by atoms with van der Waals surface area (Å²) in [6.07, 6.45) is 0. The molecule has 2 aromatic carbocycles. The van der Waals surface area contributed by atoms with E-state index >= 15 is 0 Å². The van der Waals surface area contributed by atoms with Gasteiger partial charge in [0.05, 0.1) is 16.6 Å². The highest BCUT2D eigenvalue weighted by atomic mass is 79.9. The third kappa shape index (κ3) is 2.82. The van der Waals surface area contributed by atoms with E-state index in [1.807, 2.05) is 19.1 Å². The first kappa shape index (κ1) is 14.1. The number of hydrogen-bond donors (Lipinski definition) is 0. The summed E-state index contributed by atoms with van der Waals surface area (Å²) in [6.45, 7) is 1.88. The molecule has 0 unspecified atom stereocenters. The van der Waals surface area contributed by atoms with Crippen LogP contribution in [0.5, 0.6) is 5.75 Å². The second-order valence-electron chi connectivity index (χ2n) is 4.11. The summed E-state index contributed by atoms with van der Waals surface area (Å²) >= 11 is 9.55. The van der Waals surface area contributed by atoms with Crippen LogP contribution in [0.15, 0.2) is 40.9 Å². The third-order valence-corrected chi connectivity index (χ3v) is 3.97. The molecule has 2 aromatic rings. The fourth-order valence-corrected chi connectivity index (χ4v) is 2.54. The van der Waals surface area contributed by atoms with Crippen molar-refractivity contribution in [2.75, 3.05) is 7.11 Å². The van der Waals surface area contributed by atoms with Crippen LogP contribution >= 0.6 is 27.5 Å². The van der Waals surface area contributed by atoms with Gasteiger partial charge >= 0.3 is 0 Å². The van der Waals surface area contributed by atoms with Gasteiger partial charge in [-0.15, -0.1) is 0 Å². The molecule has 98 valence electrons. The molecule has 0 amide bonds. The summed E-state index contributed by atoms with van der Waals surface area (Å²) < 4.78 is 5.88. The maximum Gasteiger partial charge on any atom is 0.194 e. The first-order valence-electron chi connectivity index (χ1n) is 5.68. The Hall–Kier alpha value is -1.32. The molecule has 0 aliphatic heterocycles. The highest BCUT2D eigenvalue weighted by Crippen LogP contribution is 2.28. The molecule has 0 spiro atoms. The number of methoxy groups -OCH3 is 1. The summed E-state index contributed by atoms with van der Waals surface area (Å²) in [5.74, 6) is 0.587. The normalized spacial score (nSPS) is 10.3. The van der Waals surface area contributed by atoms with Crippen LogP contribution in [0.3, 0.4) is 0 Å². The smallest absolute Gasteiger partial charge is 0.194 e. The molecule has 0 aromatic heterocycles. The number of carbonyl (C=O) groups excluding carboxylic acids is 1. The summed E-state index contributed by atoms with van der Waals surface area (Å²) in [4.78, 5) is 12.4. The molecule has 19 heavy (non-hydrogen) atoms. The van der Waals surface area contributed by atoms with Crippen LogP contribution in [0.2, 0.25) is 5.02 Å². The van der Waals surface area contributed by atoms with E-state index in [-0.39, 0.29) is 5.78 Å². The molecule has 0 aliphatic carbocycles. The SMILES string of the molecule is COc1ccc(C(=O)c2cccc(C)c2Cl)cc1Br. The maximum atomic E-state index is 12.4. The van der Waals surface area contributed by atoms with Gasteiger partial charge in [-0.3, -0.25) is 4.79 Å². The molecule has 4 heteroatoms. The Morgan fingerprint density at radius 2 is 2.00 bits per heavy atom. The lowest BCUT2D eigenvalue weighted by atomic mass is 10.0. The van der Waals surface area contributed by atoms with E-state index < -0.39 is 0 Å². The van der Waals surface area contributed by atoms with Crippen LogP contribution < -0.4 is 4.74 Å². The fourth-order valence-electron chi connectivity index (χ4n) is 1.79. The minimum Gasteiger partial charge on any atom is -0.496 e. The van der Waals surface area contributed by atoms with E-state index in [1.54, 1.807) is 31.4 Å². The maximum absolute atomic E-state index is 12.4. The molecule has 2 rings (SSSR count). The van der Waals surface area contributed by atoms with Gasteiger partial charge in [-0.2, -0.15) is 0 Å². The van der Waals surface area contributed by atoms with Crippen molar-refractivity contribution in [3.8, 4) is 5.75 Å². The van der Waals surface area contributed by atoms with Crippen molar-refractivity contribution in [1.29, 1.82) is 0 Å². The molecular weight excluding hydrogens is 328 g/mol. The lowest BCUT2D eigenvalue weighted by molar-refractivity contribution is 0.103. The van der Waals surface area contributed by atoms with Gasteiger partial charge in [-0.25, -0.2) is 0 Å². The van der Waals surface area contributed by atoms with Gasteiger partial charge in [0.15, 0.2) is 5.78 Å². The Morgan fingerprint density at radius 1 is 1.26 bits per heavy atom. The first-order valence-corrected chi connectivity index (χ1v) is 6.85. The molecule has 0 saturated carbocycles. The standard InChI is InChI=1S/C15H12BrClO2/c1-9-4-3-5-11(14(9)17)15(18)10-6-7-13(19-2)12(16)8-10/h3-8H,1-2H3. The molecule has 0 atom stereocenters. The molecule has 0 aliphatic rings. The first-order chi connectivity index (χ1) is 9.04. The minimum absolute atomic E-state index is 0.1000. The van der Waals surface area contributed by atoms with Crippen molar-refractivity contribution < 1.29 is 9.53 Å². The molecule has 0 N–H and O–H groups in total. The van der Waals surface area contributed by atoms with Crippen LogP contribution in [-0.2, 0) is 0 Å². The van der Waals surface area contributed by atoms with Gasteiger partial charge in [0.2, 0.25) is 0 Å². The Morgan fingerprint density at radius 3 is 2.63 bits per heavy atom. The Labute approximate surface area is 125 Å². The van der Waals surface area contributed by atoms with Crippen molar-refractivity contribution in [3.63, 3.8) is 0 Å². The van der Waals surface area contributed by atoms with Gasteiger partial charge in [-0.05, 0) is 52.7 Å². The summed E-state index contributed by atoms with van der Waals surface area (Å²) in [7, 11) is 1.58. The minimum atomic E-state index is -0.1000. The summed E-state index contributed by atoms with van der Waals surface area (Å²) in [5, 5.41) is 0.499. The second-order valence-corrected chi connectivity index (χ2v) is 5.35. The zero-order valence-electron chi connectivity index (χ0n) is 10.5. The van der Waals surface area contributed by atoms with E-state index in [9.17, 15) is 4.79 Å². The number of ether oxygens (including phenoxy) is 1. The largest absolute Gasteiger partial charge is 0.496 e. The van der Waals surface area contributed by atoms with E-state index in [4.69, 9.17) is 16.3 Å². The number of benzene rings is 2. The van der Waals surface area contributed by atoms with Crippen molar-refractivity contribution in [2.24, 2.45) is 0 Å². The predicted octanol–water partition coefficient (Wildman–Crippen LogP) is 4.65. The summed E-state index contributed by atoms with van der Waals surface area (Å²) in [6, 6.07) is 10.7. The lowest BCUT2D eigenvalue weighted by Gasteiger charge is -2.08. The highest BCUT2D eigenvalue weighted by molar-refractivity contribution is 9.10. The molecule has 0 fully saturated rings. The van der Waals surface area contributed by atoms with Gasteiger partial charge in [0, 0.05) is 11.1 Å². The van der Waals surface area contributed by atoms with Crippen LogP contribution in [0.1, 0.15) is 21.5 Å². The third-order valence-electron chi connectivity index (χ3n) is 2.85. The monoisotopic (exact) mass is 338 g/mol. The Bertz CT molecular complexity index is 638. The molecule has 0 heterocycles. The van der Waals surface area contributed by atoms with E-state index in [1.165, 1.54) is 0 Å². The van der Waals surface area contributed by atoms with Crippen LogP contribution in [-0.4, -0.2) is 12.9 Å². The number of carbonyl (C=O) groups is 1. The highest BCUT2D eigenvalue weighted by Gasteiger charge is 2.15. The zero-order chi connectivity index (χ0) is 14.0.